The van der Waals surface area contributed by atoms with Gasteiger partial charge in [0, 0.05) is 30.7 Å². The highest BCUT2D eigenvalue weighted by Crippen LogP contribution is 2.14. The third-order valence-corrected chi connectivity index (χ3v) is 4.69. The van der Waals surface area contributed by atoms with Gasteiger partial charge in [-0.15, -0.1) is 0 Å². The number of amides is 2. The maximum Gasteiger partial charge on any atom is 0.343 e. The van der Waals surface area contributed by atoms with Crippen molar-refractivity contribution in [1.82, 2.24) is 10.7 Å². The minimum absolute atomic E-state index is 0.126. The lowest BCUT2D eigenvalue weighted by atomic mass is 10.2. The van der Waals surface area contributed by atoms with E-state index >= 15 is 0 Å². The molecule has 0 aliphatic carbocycles. The number of carbonyl (C=O) groups excluding carboxylic acids is 3. The number of non-ortho nitro benzene ring substituents is 1. The molecule has 2 amide bonds. The molecule has 0 fully saturated rings. The van der Waals surface area contributed by atoms with Crippen LogP contribution in [0.15, 0.2) is 84.0 Å². The normalized spacial score (nSPS) is 10.5. The number of hydrogen-bond acceptors (Lipinski definition) is 7. The van der Waals surface area contributed by atoms with Crippen molar-refractivity contribution in [2.45, 2.75) is 12.8 Å². The highest BCUT2D eigenvalue weighted by Gasteiger charge is 2.11. The molecule has 0 atom stereocenters. The summed E-state index contributed by atoms with van der Waals surface area (Å²) >= 11 is 0. The molecule has 10 nitrogen and oxygen atoms in total. The van der Waals surface area contributed by atoms with Gasteiger partial charge in [-0.3, -0.25) is 19.7 Å². The van der Waals surface area contributed by atoms with Crippen LogP contribution in [0.1, 0.15) is 39.1 Å². The summed E-state index contributed by atoms with van der Waals surface area (Å²) in [7, 11) is 0. The molecule has 0 bridgehead atoms. The topological polar surface area (TPSA) is 140 Å². The first-order chi connectivity index (χ1) is 16.9. The lowest BCUT2D eigenvalue weighted by Gasteiger charge is -2.05. The van der Waals surface area contributed by atoms with Crippen molar-refractivity contribution in [3.63, 3.8) is 0 Å². The Morgan fingerprint density at radius 1 is 0.943 bits per heavy atom. The number of hydrogen-bond donors (Lipinski definition) is 2. The summed E-state index contributed by atoms with van der Waals surface area (Å²) in [5, 5.41) is 17.3. The molecule has 178 valence electrons. The quantitative estimate of drug-likeness (QED) is 0.115. The molecule has 0 heterocycles. The number of carbonyl (C=O) groups is 3. The van der Waals surface area contributed by atoms with Gasteiger partial charge in [0.05, 0.1) is 16.7 Å². The van der Waals surface area contributed by atoms with E-state index in [9.17, 15) is 24.5 Å². The van der Waals surface area contributed by atoms with Crippen molar-refractivity contribution >= 4 is 29.7 Å². The van der Waals surface area contributed by atoms with Crippen LogP contribution in [0.4, 0.5) is 5.69 Å². The second-order valence-electron chi connectivity index (χ2n) is 7.28. The standard InChI is InChI=1S/C25H22N4O6/c30-23(10-5-15-26-24(31)20-8-4-9-21(16-20)29(33)34)28-27-17-18-11-13-22(14-12-18)35-25(32)19-6-2-1-3-7-19/h1-4,6-9,11-14,16-17H,5,10,15H2,(H,26,31)(H,28,30). The van der Waals surface area contributed by atoms with Crippen LogP contribution < -0.4 is 15.5 Å². The predicted molar refractivity (Wildman–Crippen MR) is 128 cm³/mol. The van der Waals surface area contributed by atoms with Crippen LogP contribution in [0, 0.1) is 10.1 Å². The summed E-state index contributed by atoms with van der Waals surface area (Å²) in [6.07, 6.45) is 1.94. The Morgan fingerprint density at radius 3 is 2.37 bits per heavy atom. The molecule has 0 unspecified atom stereocenters. The monoisotopic (exact) mass is 474 g/mol. The number of hydrazone groups is 1. The molecule has 0 radical (unpaired) electrons. The molecular weight excluding hydrogens is 452 g/mol. The SMILES string of the molecule is O=C(CCCNC(=O)c1cccc([N+](=O)[O-])c1)NN=Cc1ccc(OC(=O)c2ccccc2)cc1. The van der Waals surface area contributed by atoms with Gasteiger partial charge >= 0.3 is 5.97 Å². The molecule has 3 aromatic rings. The Hall–Kier alpha value is -4.86. The van der Waals surface area contributed by atoms with Gasteiger partial charge in [0.1, 0.15) is 5.75 Å². The number of ether oxygens (including phenoxy) is 1. The van der Waals surface area contributed by atoms with Gasteiger partial charge in [-0.05, 0) is 54.4 Å². The third kappa shape index (κ3) is 7.90. The second-order valence-corrected chi connectivity index (χ2v) is 7.28. The Balaban J connectivity index is 1.36. The fourth-order valence-corrected chi connectivity index (χ4v) is 2.91. The Bertz CT molecular complexity index is 1230. The van der Waals surface area contributed by atoms with Crippen molar-refractivity contribution in [2.24, 2.45) is 5.10 Å². The number of esters is 1. The van der Waals surface area contributed by atoms with Crippen LogP contribution >= 0.6 is 0 Å². The molecule has 2 N–H and O–H groups in total. The first kappa shape index (κ1) is 24.8. The van der Waals surface area contributed by atoms with Gasteiger partial charge in [0.25, 0.3) is 11.6 Å². The van der Waals surface area contributed by atoms with Gasteiger partial charge in [0.15, 0.2) is 0 Å². The van der Waals surface area contributed by atoms with Gasteiger partial charge in [-0.2, -0.15) is 5.10 Å². The highest BCUT2D eigenvalue weighted by molar-refractivity contribution is 5.94. The van der Waals surface area contributed by atoms with Crippen LogP contribution in [-0.4, -0.2) is 35.5 Å². The second kappa shape index (κ2) is 12.4. The molecule has 3 rings (SSSR count). The van der Waals surface area contributed by atoms with E-state index in [0.29, 0.717) is 23.3 Å². The predicted octanol–water partition coefficient (Wildman–Crippen LogP) is 3.47. The van der Waals surface area contributed by atoms with Crippen molar-refractivity contribution in [1.29, 1.82) is 0 Å². The van der Waals surface area contributed by atoms with Gasteiger partial charge in [-0.1, -0.05) is 24.3 Å². The number of nitro groups is 1. The number of rotatable bonds is 10. The first-order valence-corrected chi connectivity index (χ1v) is 10.6. The van der Waals surface area contributed by atoms with Gasteiger partial charge in [0.2, 0.25) is 5.91 Å². The van der Waals surface area contributed by atoms with Crippen LogP contribution in [0.2, 0.25) is 0 Å². The van der Waals surface area contributed by atoms with Gasteiger partial charge in [-0.25, -0.2) is 10.2 Å². The van der Waals surface area contributed by atoms with E-state index in [4.69, 9.17) is 4.74 Å². The zero-order valence-corrected chi connectivity index (χ0v) is 18.5. The molecule has 0 saturated carbocycles. The van der Waals surface area contributed by atoms with Crippen molar-refractivity contribution < 1.29 is 24.0 Å². The molecule has 10 heteroatoms. The largest absolute Gasteiger partial charge is 0.423 e. The number of benzene rings is 3. The van der Waals surface area contributed by atoms with E-state index in [-0.39, 0.29) is 30.1 Å². The summed E-state index contributed by atoms with van der Waals surface area (Å²) in [6.45, 7) is 0.224. The number of nitro benzene ring substituents is 1. The minimum Gasteiger partial charge on any atom is -0.423 e. The minimum atomic E-state index is -0.573. The van der Waals surface area contributed by atoms with Gasteiger partial charge < -0.3 is 10.1 Å². The fraction of sp³-hybridized carbons (Fsp3) is 0.120. The Morgan fingerprint density at radius 2 is 1.66 bits per heavy atom. The summed E-state index contributed by atoms with van der Waals surface area (Å²) in [6, 6.07) is 20.7. The van der Waals surface area contributed by atoms with E-state index in [1.165, 1.54) is 30.5 Å². The molecule has 0 spiro atoms. The van der Waals surface area contributed by atoms with Crippen LogP contribution in [0.5, 0.6) is 5.75 Å². The van der Waals surface area contributed by atoms with E-state index < -0.39 is 16.8 Å². The van der Waals surface area contributed by atoms with Crippen LogP contribution in [0.25, 0.3) is 0 Å². The third-order valence-electron chi connectivity index (χ3n) is 4.69. The lowest BCUT2D eigenvalue weighted by Crippen LogP contribution is -2.26. The van der Waals surface area contributed by atoms with Crippen molar-refractivity contribution in [2.75, 3.05) is 6.54 Å². The lowest BCUT2D eigenvalue weighted by molar-refractivity contribution is -0.384. The van der Waals surface area contributed by atoms with Crippen molar-refractivity contribution in [3.05, 3.63) is 106 Å². The number of nitrogens with one attached hydrogen (secondary N) is 2. The zero-order chi connectivity index (χ0) is 25.0. The summed E-state index contributed by atoms with van der Waals surface area (Å²) in [5.74, 6) is -0.864. The first-order valence-electron chi connectivity index (χ1n) is 10.6. The average Bonchev–Trinajstić information content (AvgIpc) is 2.88. The fourth-order valence-electron chi connectivity index (χ4n) is 2.91. The molecule has 0 saturated heterocycles. The Kier molecular flexibility index (Phi) is 8.78. The van der Waals surface area contributed by atoms with E-state index in [1.807, 2.05) is 6.07 Å². The average molecular weight is 474 g/mol. The number of nitrogens with zero attached hydrogens (tertiary/aromatic N) is 2. The maximum absolute atomic E-state index is 12.1. The van der Waals surface area contributed by atoms with E-state index in [2.05, 4.69) is 15.8 Å². The zero-order valence-electron chi connectivity index (χ0n) is 18.5. The summed E-state index contributed by atoms with van der Waals surface area (Å²) in [4.78, 5) is 46.2. The van der Waals surface area contributed by atoms with E-state index in [1.54, 1.807) is 48.5 Å². The highest BCUT2D eigenvalue weighted by atomic mass is 16.6. The molecule has 0 aliphatic heterocycles. The van der Waals surface area contributed by atoms with E-state index in [0.717, 1.165) is 0 Å². The smallest absolute Gasteiger partial charge is 0.343 e. The molecule has 0 aromatic heterocycles. The Labute approximate surface area is 200 Å². The van der Waals surface area contributed by atoms with Crippen LogP contribution in [0.3, 0.4) is 0 Å². The molecule has 3 aromatic carbocycles. The van der Waals surface area contributed by atoms with Crippen molar-refractivity contribution in [3.8, 4) is 5.75 Å². The molecular formula is C25H22N4O6. The molecule has 0 aliphatic rings. The molecule has 35 heavy (non-hydrogen) atoms. The van der Waals surface area contributed by atoms with Crippen LogP contribution in [-0.2, 0) is 4.79 Å². The summed E-state index contributed by atoms with van der Waals surface area (Å²) in [5.41, 5.74) is 3.54. The summed E-state index contributed by atoms with van der Waals surface area (Å²) < 4.78 is 5.30. The maximum atomic E-state index is 12.1.